The minimum absolute atomic E-state index is 0.273. The monoisotopic (exact) mass is 369 g/mol. The van der Waals surface area contributed by atoms with Crippen molar-refractivity contribution in [3.8, 4) is 11.5 Å². The van der Waals surface area contributed by atoms with E-state index in [9.17, 15) is 9.59 Å². The van der Waals surface area contributed by atoms with Crippen molar-refractivity contribution >= 4 is 27.9 Å². The molecule has 1 heterocycles. The number of carbonyl (C=O) groups excluding carboxylic acids is 2. The number of urea groups is 1. The molecular formula is C14H16BrN3O4. The first-order chi connectivity index (χ1) is 10.4. The Labute approximate surface area is 136 Å². The lowest BCUT2D eigenvalue weighted by Crippen LogP contribution is -2.46. The van der Waals surface area contributed by atoms with Crippen molar-refractivity contribution in [2.24, 2.45) is 5.73 Å². The predicted octanol–water partition coefficient (Wildman–Crippen LogP) is 1.58. The van der Waals surface area contributed by atoms with Gasteiger partial charge in [-0.25, -0.2) is 4.79 Å². The molecule has 0 bridgehead atoms. The van der Waals surface area contributed by atoms with Crippen LogP contribution in [0.2, 0.25) is 0 Å². The third-order valence-corrected chi connectivity index (χ3v) is 3.97. The van der Waals surface area contributed by atoms with Crippen LogP contribution in [0.1, 0.15) is 18.5 Å². The average Bonchev–Trinajstić information content (AvgIpc) is 2.45. The molecule has 1 atom stereocenters. The highest BCUT2D eigenvalue weighted by molar-refractivity contribution is 9.10. The molecule has 1 aliphatic heterocycles. The van der Waals surface area contributed by atoms with Crippen LogP contribution < -0.4 is 25.8 Å². The lowest BCUT2D eigenvalue weighted by Gasteiger charge is -2.29. The molecular weight excluding hydrogens is 354 g/mol. The van der Waals surface area contributed by atoms with Gasteiger partial charge in [-0.1, -0.05) is 0 Å². The summed E-state index contributed by atoms with van der Waals surface area (Å²) in [6.45, 7) is 1.62. The zero-order valence-corrected chi connectivity index (χ0v) is 13.9. The lowest BCUT2D eigenvalue weighted by atomic mass is 9.94. The van der Waals surface area contributed by atoms with E-state index in [1.54, 1.807) is 19.1 Å². The first-order valence-corrected chi connectivity index (χ1v) is 7.17. The van der Waals surface area contributed by atoms with Crippen LogP contribution in [0.5, 0.6) is 11.5 Å². The van der Waals surface area contributed by atoms with Gasteiger partial charge in [-0.3, -0.25) is 4.79 Å². The van der Waals surface area contributed by atoms with Gasteiger partial charge in [-0.15, -0.1) is 0 Å². The van der Waals surface area contributed by atoms with Crippen molar-refractivity contribution in [3.05, 3.63) is 33.4 Å². The number of methoxy groups -OCH3 is 2. The molecule has 0 spiro atoms. The van der Waals surface area contributed by atoms with Gasteiger partial charge >= 0.3 is 6.03 Å². The van der Waals surface area contributed by atoms with Crippen molar-refractivity contribution in [2.45, 2.75) is 13.0 Å². The average molecular weight is 370 g/mol. The van der Waals surface area contributed by atoms with E-state index in [4.69, 9.17) is 15.2 Å². The fourth-order valence-electron chi connectivity index (χ4n) is 2.36. The number of nitrogens with two attached hydrogens (primary N) is 1. The number of hydrogen-bond donors (Lipinski definition) is 3. The Balaban J connectivity index is 2.62. The number of rotatable bonds is 4. The Hall–Kier alpha value is -2.22. The zero-order valence-electron chi connectivity index (χ0n) is 12.3. The molecule has 0 fully saturated rings. The number of carbonyl (C=O) groups is 2. The second-order valence-corrected chi connectivity index (χ2v) is 5.52. The number of ether oxygens (including phenoxy) is 2. The number of amides is 3. The van der Waals surface area contributed by atoms with Gasteiger partial charge in [-0.2, -0.15) is 0 Å². The van der Waals surface area contributed by atoms with Gasteiger partial charge in [0.1, 0.15) is 11.5 Å². The van der Waals surface area contributed by atoms with E-state index < -0.39 is 18.0 Å². The van der Waals surface area contributed by atoms with Gasteiger partial charge in [0.05, 0.1) is 30.3 Å². The molecule has 0 unspecified atom stereocenters. The smallest absolute Gasteiger partial charge is 0.319 e. The van der Waals surface area contributed by atoms with Gasteiger partial charge in [-0.05, 0) is 28.9 Å². The van der Waals surface area contributed by atoms with E-state index in [1.807, 2.05) is 0 Å². The topological polar surface area (TPSA) is 103 Å². The molecule has 0 saturated heterocycles. The zero-order chi connectivity index (χ0) is 16.4. The summed E-state index contributed by atoms with van der Waals surface area (Å²) in [4.78, 5) is 23.5. The van der Waals surface area contributed by atoms with Crippen LogP contribution in [0.3, 0.4) is 0 Å². The molecule has 1 aromatic rings. The van der Waals surface area contributed by atoms with E-state index in [2.05, 4.69) is 26.6 Å². The SMILES string of the molecule is COc1cc(OC)c([C@H]2NC(=O)NC(C)=C2C(N)=O)cc1Br. The second-order valence-electron chi connectivity index (χ2n) is 4.66. The van der Waals surface area contributed by atoms with Crippen LogP contribution in [0.25, 0.3) is 0 Å². The Kier molecular flexibility index (Phi) is 4.60. The minimum atomic E-state index is -0.705. The minimum Gasteiger partial charge on any atom is -0.496 e. The van der Waals surface area contributed by atoms with Crippen LogP contribution in [0.15, 0.2) is 27.9 Å². The van der Waals surface area contributed by atoms with Crippen molar-refractivity contribution in [3.63, 3.8) is 0 Å². The van der Waals surface area contributed by atoms with Crippen molar-refractivity contribution < 1.29 is 19.1 Å². The maximum Gasteiger partial charge on any atom is 0.319 e. The second kappa shape index (κ2) is 6.27. The van der Waals surface area contributed by atoms with Crippen molar-refractivity contribution in [2.75, 3.05) is 14.2 Å². The van der Waals surface area contributed by atoms with Crippen LogP contribution in [-0.2, 0) is 4.79 Å². The highest BCUT2D eigenvalue weighted by Gasteiger charge is 2.32. The van der Waals surface area contributed by atoms with Gasteiger partial charge < -0.3 is 25.8 Å². The highest BCUT2D eigenvalue weighted by atomic mass is 79.9. The van der Waals surface area contributed by atoms with Gasteiger partial charge in [0.25, 0.3) is 0 Å². The van der Waals surface area contributed by atoms with E-state index >= 15 is 0 Å². The maximum absolute atomic E-state index is 11.8. The molecule has 0 aliphatic carbocycles. The quantitative estimate of drug-likeness (QED) is 0.749. The van der Waals surface area contributed by atoms with Gasteiger partial charge in [0.15, 0.2) is 0 Å². The number of halogens is 1. The molecule has 0 radical (unpaired) electrons. The summed E-state index contributed by atoms with van der Waals surface area (Å²) in [7, 11) is 3.03. The predicted molar refractivity (Wildman–Crippen MR) is 83.5 cm³/mol. The summed E-state index contributed by atoms with van der Waals surface area (Å²) in [5, 5.41) is 5.22. The molecule has 4 N–H and O–H groups in total. The summed E-state index contributed by atoms with van der Waals surface area (Å²) in [6, 6.07) is 2.27. The van der Waals surface area contributed by atoms with E-state index in [0.717, 1.165) is 0 Å². The molecule has 1 aliphatic rings. The van der Waals surface area contributed by atoms with Gasteiger partial charge in [0, 0.05) is 17.3 Å². The Morgan fingerprint density at radius 1 is 1.27 bits per heavy atom. The molecule has 1 aromatic carbocycles. The molecule has 0 aromatic heterocycles. The van der Waals surface area contributed by atoms with E-state index in [-0.39, 0.29) is 5.57 Å². The fourth-order valence-corrected chi connectivity index (χ4v) is 2.89. The number of hydrogen-bond acceptors (Lipinski definition) is 4. The van der Waals surface area contributed by atoms with Crippen LogP contribution >= 0.6 is 15.9 Å². The molecule has 2 rings (SSSR count). The van der Waals surface area contributed by atoms with E-state index in [0.29, 0.717) is 27.2 Å². The third kappa shape index (κ3) is 2.87. The number of primary amides is 1. The standard InChI is InChI=1S/C14H16BrN3O4/c1-6-11(13(16)19)12(18-14(20)17-6)7-4-8(15)10(22-3)5-9(7)21-2/h4-5,12H,1-3H3,(H2,16,19)(H2,17,18,20)/t12-/m1/s1. The van der Waals surface area contributed by atoms with Crippen LogP contribution in [-0.4, -0.2) is 26.2 Å². The summed E-state index contributed by atoms with van der Waals surface area (Å²) in [6.07, 6.45) is 0. The molecule has 8 heteroatoms. The number of allylic oxidation sites excluding steroid dienone is 1. The van der Waals surface area contributed by atoms with Crippen molar-refractivity contribution in [1.29, 1.82) is 0 Å². The van der Waals surface area contributed by atoms with Crippen LogP contribution in [0, 0.1) is 0 Å². The first-order valence-electron chi connectivity index (χ1n) is 6.38. The largest absolute Gasteiger partial charge is 0.496 e. The Bertz CT molecular complexity index is 672. The molecule has 22 heavy (non-hydrogen) atoms. The molecule has 0 saturated carbocycles. The highest BCUT2D eigenvalue weighted by Crippen LogP contribution is 2.39. The van der Waals surface area contributed by atoms with Crippen LogP contribution in [0.4, 0.5) is 4.79 Å². The molecule has 118 valence electrons. The summed E-state index contributed by atoms with van der Waals surface area (Å²) >= 11 is 3.38. The number of nitrogens with one attached hydrogen (secondary N) is 2. The normalized spacial score (nSPS) is 17.6. The van der Waals surface area contributed by atoms with Gasteiger partial charge in [0.2, 0.25) is 5.91 Å². The summed E-state index contributed by atoms with van der Waals surface area (Å²) in [5.41, 5.74) is 6.73. The molecule has 7 nitrogen and oxygen atoms in total. The maximum atomic E-state index is 11.8. The molecule has 3 amide bonds. The fraction of sp³-hybridized carbons (Fsp3) is 0.286. The number of benzene rings is 1. The lowest BCUT2D eigenvalue weighted by molar-refractivity contribution is -0.115. The first kappa shape index (κ1) is 16.2. The Morgan fingerprint density at radius 2 is 1.91 bits per heavy atom. The Morgan fingerprint density at radius 3 is 2.45 bits per heavy atom. The summed E-state index contributed by atoms with van der Waals surface area (Å²) in [5.74, 6) is 0.421. The van der Waals surface area contributed by atoms with E-state index in [1.165, 1.54) is 14.2 Å². The summed E-state index contributed by atoms with van der Waals surface area (Å²) < 4.78 is 11.2. The third-order valence-electron chi connectivity index (χ3n) is 3.35. The van der Waals surface area contributed by atoms with Crippen molar-refractivity contribution in [1.82, 2.24) is 10.6 Å².